The second-order valence-electron chi connectivity index (χ2n) is 11.8. The molecule has 1 amide bonds. The van der Waals surface area contributed by atoms with E-state index in [4.69, 9.17) is 25.1 Å². The summed E-state index contributed by atoms with van der Waals surface area (Å²) in [4.78, 5) is 22.6. The summed E-state index contributed by atoms with van der Waals surface area (Å²) in [5.74, 6) is 1.32. The lowest BCUT2D eigenvalue weighted by Crippen LogP contribution is -2.50. The quantitative estimate of drug-likeness (QED) is 0.0688. The number of aliphatic hydroxyl groups excluding tert-OH is 1. The minimum absolute atomic E-state index is 0.0628. The average Bonchev–Trinajstić information content (AvgIpc) is 3.86. The number of nitrogens with one attached hydrogen (secondary N) is 1. The van der Waals surface area contributed by atoms with Crippen LogP contribution in [-0.4, -0.2) is 42.2 Å². The van der Waals surface area contributed by atoms with Crippen molar-refractivity contribution in [3.8, 4) is 16.9 Å². The van der Waals surface area contributed by atoms with E-state index in [1.54, 1.807) is 0 Å². The van der Waals surface area contributed by atoms with Gasteiger partial charge in [-0.3, -0.25) is 4.79 Å². The van der Waals surface area contributed by atoms with E-state index in [0.29, 0.717) is 37.1 Å². The molecule has 1 aliphatic heterocycles. The summed E-state index contributed by atoms with van der Waals surface area (Å²) in [6, 6.07) is 33.4. The predicted octanol–water partition coefficient (Wildman–Crippen LogP) is 6.95. The fourth-order valence-electron chi connectivity index (χ4n) is 5.76. The Bertz CT molecular complexity index is 1720. The number of amides is 1. The number of hydrogen-bond donors (Lipinski definition) is 2. The molecule has 0 unspecified atom stereocenters. The van der Waals surface area contributed by atoms with Crippen molar-refractivity contribution in [2.45, 2.75) is 43.9 Å². The van der Waals surface area contributed by atoms with Gasteiger partial charge in [0.05, 0.1) is 13.2 Å². The molecule has 1 fully saturated rings. The van der Waals surface area contributed by atoms with Gasteiger partial charge in [-0.05, 0) is 76.4 Å². The molecule has 0 aromatic heterocycles. The van der Waals surface area contributed by atoms with Gasteiger partial charge in [0.2, 0.25) is 5.90 Å². The minimum Gasteiger partial charge on any atom is -0.494 e. The van der Waals surface area contributed by atoms with Crippen molar-refractivity contribution in [2.24, 2.45) is 16.0 Å². The number of hydrogen-bond acceptors (Lipinski definition) is 6. The van der Waals surface area contributed by atoms with E-state index in [9.17, 15) is 4.79 Å². The molecule has 46 heavy (non-hydrogen) atoms. The van der Waals surface area contributed by atoms with Crippen molar-refractivity contribution >= 4 is 11.8 Å². The van der Waals surface area contributed by atoms with Gasteiger partial charge in [0.25, 0.3) is 5.91 Å². The first-order chi connectivity index (χ1) is 22.6. The highest BCUT2D eigenvalue weighted by molar-refractivity contribution is 6.01. The number of aliphatic hydroxyl groups is 1. The summed E-state index contributed by atoms with van der Waals surface area (Å²) in [6.07, 6.45) is 2.27. The van der Waals surface area contributed by atoms with Gasteiger partial charge >= 0.3 is 0 Å². The Morgan fingerprint density at radius 2 is 1.61 bits per heavy atom. The molecule has 2 atom stereocenters. The lowest BCUT2D eigenvalue weighted by molar-refractivity contribution is -0.129. The van der Waals surface area contributed by atoms with E-state index in [1.165, 1.54) is 0 Å². The van der Waals surface area contributed by atoms with Crippen molar-refractivity contribution in [1.82, 2.24) is 5.32 Å². The Labute approximate surface area is 268 Å². The van der Waals surface area contributed by atoms with Crippen LogP contribution in [0.1, 0.15) is 47.6 Å². The predicted molar refractivity (Wildman–Crippen MR) is 177 cm³/mol. The van der Waals surface area contributed by atoms with Gasteiger partial charge in [-0.2, -0.15) is 0 Å². The number of carbonyl (C=O) groups excluding carboxylic acids is 1. The van der Waals surface area contributed by atoms with E-state index in [-0.39, 0.29) is 25.5 Å². The minimum atomic E-state index is -1.33. The normalized spacial score (nSPS) is 18.6. The Hall–Kier alpha value is -5.11. The zero-order chi connectivity index (χ0) is 31.8. The first-order valence-corrected chi connectivity index (χ1v) is 15.7. The van der Waals surface area contributed by atoms with Gasteiger partial charge in [-0.1, -0.05) is 84.0 Å². The molecule has 1 heterocycles. The number of aliphatic imine (C=N–C) groups is 1. The molecule has 9 heteroatoms. The largest absolute Gasteiger partial charge is 0.494 e. The third-order valence-corrected chi connectivity index (χ3v) is 8.48. The standard InChI is InChI=1S/C37H37N5O4/c38-42-40-25-32-10-5-4-9-31(32)23-37(36(44)39-24-26-11-12-26)34(29-15-13-28(14-16-29)27-7-2-1-3-8-27)46-35(41-37)30-17-19-33(20-18-30)45-22-6-21-43/h1-5,7-10,13-20,26,34,43H,6,11-12,21-25H2,(H,39,44)/t34-,37-/m1/s1. The number of nitrogens with zero attached hydrogens (tertiary/aromatic N) is 4. The highest BCUT2D eigenvalue weighted by Crippen LogP contribution is 2.43. The lowest BCUT2D eigenvalue weighted by Gasteiger charge is -2.31. The SMILES string of the molecule is [N-]=[N+]=NCc1ccccc1C[C@@]1(C(=O)NCC2CC2)N=C(c2ccc(OCCCO)cc2)O[C@@H]1c1ccc(-c2ccccc2)cc1. The molecule has 0 spiro atoms. The zero-order valence-electron chi connectivity index (χ0n) is 25.6. The second-order valence-corrected chi connectivity index (χ2v) is 11.8. The van der Waals surface area contributed by atoms with E-state index >= 15 is 0 Å². The van der Waals surface area contributed by atoms with Crippen molar-refractivity contribution in [2.75, 3.05) is 19.8 Å². The van der Waals surface area contributed by atoms with Crippen LogP contribution in [0.3, 0.4) is 0 Å². The average molecular weight is 616 g/mol. The van der Waals surface area contributed by atoms with Crippen LogP contribution in [-0.2, 0) is 22.5 Å². The molecule has 9 nitrogen and oxygen atoms in total. The van der Waals surface area contributed by atoms with Crippen LogP contribution in [0.25, 0.3) is 21.6 Å². The van der Waals surface area contributed by atoms with Crippen LogP contribution in [0, 0.1) is 5.92 Å². The first-order valence-electron chi connectivity index (χ1n) is 15.7. The van der Waals surface area contributed by atoms with E-state index in [0.717, 1.165) is 46.2 Å². The van der Waals surface area contributed by atoms with Gasteiger partial charge in [0.15, 0.2) is 11.6 Å². The maximum absolute atomic E-state index is 14.5. The third-order valence-electron chi connectivity index (χ3n) is 8.48. The van der Waals surface area contributed by atoms with E-state index < -0.39 is 11.6 Å². The maximum atomic E-state index is 14.5. The third kappa shape index (κ3) is 7.07. The number of carbonyl (C=O) groups is 1. The number of ether oxygens (including phenoxy) is 2. The van der Waals surface area contributed by atoms with Crippen LogP contribution in [0.4, 0.5) is 0 Å². The maximum Gasteiger partial charge on any atom is 0.252 e. The molecule has 0 bridgehead atoms. The fraction of sp³-hybridized carbons (Fsp3) is 0.297. The molecule has 2 aliphatic rings. The summed E-state index contributed by atoms with van der Waals surface area (Å²) in [6.45, 7) is 1.23. The molecular formula is C37H37N5O4. The summed E-state index contributed by atoms with van der Waals surface area (Å²) in [7, 11) is 0. The summed E-state index contributed by atoms with van der Waals surface area (Å²) in [5.41, 5.74) is 13.1. The molecule has 0 radical (unpaired) electrons. The van der Waals surface area contributed by atoms with Crippen LogP contribution in [0.5, 0.6) is 5.75 Å². The van der Waals surface area contributed by atoms with Gasteiger partial charge in [-0.15, -0.1) is 0 Å². The van der Waals surface area contributed by atoms with Crippen LogP contribution < -0.4 is 10.1 Å². The highest BCUT2D eigenvalue weighted by atomic mass is 16.5. The Morgan fingerprint density at radius 1 is 0.935 bits per heavy atom. The molecule has 1 aliphatic carbocycles. The van der Waals surface area contributed by atoms with E-state index in [1.807, 2.05) is 91.0 Å². The lowest BCUT2D eigenvalue weighted by atomic mass is 9.80. The zero-order valence-corrected chi connectivity index (χ0v) is 25.6. The van der Waals surface area contributed by atoms with Gasteiger partial charge in [0, 0.05) is 36.5 Å². The Kier molecular flexibility index (Phi) is 9.62. The van der Waals surface area contributed by atoms with Gasteiger partial charge in [-0.25, -0.2) is 4.99 Å². The molecule has 4 aromatic rings. The summed E-state index contributed by atoms with van der Waals surface area (Å²) in [5, 5.41) is 16.1. The molecule has 2 N–H and O–H groups in total. The number of azide groups is 1. The molecule has 4 aromatic carbocycles. The van der Waals surface area contributed by atoms with E-state index in [2.05, 4.69) is 27.5 Å². The fourth-order valence-corrected chi connectivity index (χ4v) is 5.76. The van der Waals surface area contributed by atoms with Crippen molar-refractivity contribution < 1.29 is 19.4 Å². The van der Waals surface area contributed by atoms with Crippen molar-refractivity contribution in [3.63, 3.8) is 0 Å². The van der Waals surface area contributed by atoms with Gasteiger partial charge in [0.1, 0.15) is 5.75 Å². The topological polar surface area (TPSA) is 129 Å². The van der Waals surface area contributed by atoms with Crippen LogP contribution in [0.15, 0.2) is 113 Å². The Balaban J connectivity index is 1.42. The van der Waals surface area contributed by atoms with Gasteiger partial charge < -0.3 is 19.9 Å². The van der Waals surface area contributed by atoms with Crippen molar-refractivity contribution in [1.29, 1.82) is 0 Å². The molecule has 6 rings (SSSR count). The molecule has 0 saturated heterocycles. The first kappa shape index (κ1) is 30.9. The summed E-state index contributed by atoms with van der Waals surface area (Å²) >= 11 is 0. The Morgan fingerprint density at radius 3 is 2.30 bits per heavy atom. The number of benzene rings is 4. The summed E-state index contributed by atoms with van der Waals surface area (Å²) < 4.78 is 12.4. The molecule has 234 valence electrons. The van der Waals surface area contributed by atoms with Crippen molar-refractivity contribution in [3.05, 3.63) is 136 Å². The molecule has 1 saturated carbocycles. The van der Waals surface area contributed by atoms with Crippen LogP contribution >= 0.6 is 0 Å². The van der Waals surface area contributed by atoms with Crippen LogP contribution in [0.2, 0.25) is 0 Å². The smallest absolute Gasteiger partial charge is 0.252 e. The highest BCUT2D eigenvalue weighted by Gasteiger charge is 2.53. The second kappa shape index (κ2) is 14.3. The monoisotopic (exact) mass is 615 g/mol. The number of rotatable bonds is 14. The molecular weight excluding hydrogens is 578 g/mol.